The Morgan fingerprint density at radius 3 is 2.80 bits per heavy atom. The Kier molecular flexibility index (Phi) is 5.06. The van der Waals surface area contributed by atoms with Crippen molar-refractivity contribution in [1.29, 1.82) is 0 Å². The Morgan fingerprint density at radius 1 is 1.12 bits per heavy atom. The monoisotopic (exact) mass is 339 g/mol. The number of pyridine rings is 1. The molecule has 0 aromatic carbocycles. The van der Waals surface area contributed by atoms with E-state index in [0.717, 1.165) is 43.1 Å². The summed E-state index contributed by atoms with van der Waals surface area (Å²) in [5, 5.41) is 6.93. The molecule has 25 heavy (non-hydrogen) atoms. The van der Waals surface area contributed by atoms with Crippen LogP contribution in [0.2, 0.25) is 0 Å². The lowest BCUT2D eigenvalue weighted by Crippen LogP contribution is -2.21. The Morgan fingerprint density at radius 2 is 2.04 bits per heavy atom. The molecule has 6 nitrogen and oxygen atoms in total. The van der Waals surface area contributed by atoms with E-state index in [-0.39, 0.29) is 6.10 Å². The van der Waals surface area contributed by atoms with Crippen molar-refractivity contribution in [2.75, 3.05) is 23.8 Å². The molecule has 0 radical (unpaired) electrons. The van der Waals surface area contributed by atoms with Crippen LogP contribution in [0, 0.1) is 0 Å². The summed E-state index contributed by atoms with van der Waals surface area (Å²) in [4.78, 5) is 13.6. The van der Waals surface area contributed by atoms with Crippen LogP contribution >= 0.6 is 0 Å². The van der Waals surface area contributed by atoms with E-state index in [4.69, 9.17) is 9.72 Å². The van der Waals surface area contributed by atoms with Crippen LogP contribution in [0.5, 0.6) is 0 Å². The zero-order valence-corrected chi connectivity index (χ0v) is 14.4. The highest BCUT2D eigenvalue weighted by molar-refractivity contribution is 5.63. The number of nitrogens with zero attached hydrogens (tertiary/aromatic N) is 3. The number of hydrogen-bond acceptors (Lipinski definition) is 6. The molecular formula is C19H25N5O. The molecule has 1 saturated heterocycles. The summed E-state index contributed by atoms with van der Waals surface area (Å²) >= 11 is 0. The number of rotatable bonds is 6. The van der Waals surface area contributed by atoms with Crippen LogP contribution in [0.3, 0.4) is 0 Å². The fourth-order valence-corrected chi connectivity index (χ4v) is 3.54. The van der Waals surface area contributed by atoms with Gasteiger partial charge in [0.2, 0.25) is 5.95 Å². The van der Waals surface area contributed by atoms with Crippen LogP contribution in [0.15, 0.2) is 30.6 Å². The number of ether oxygens (including phenoxy) is 1. The third-order valence-corrected chi connectivity index (χ3v) is 4.91. The quantitative estimate of drug-likeness (QED) is 0.839. The largest absolute Gasteiger partial charge is 0.376 e. The summed E-state index contributed by atoms with van der Waals surface area (Å²) in [6.07, 6.45) is 11.1. The number of hydrogen-bond donors (Lipinski definition) is 2. The third kappa shape index (κ3) is 4.25. The summed E-state index contributed by atoms with van der Waals surface area (Å²) in [6, 6.07) is 6.43. The van der Waals surface area contributed by atoms with Gasteiger partial charge in [-0.2, -0.15) is 4.98 Å². The molecule has 6 heteroatoms. The van der Waals surface area contributed by atoms with E-state index in [1.165, 1.54) is 25.7 Å². The van der Waals surface area contributed by atoms with Crippen molar-refractivity contribution in [2.45, 2.75) is 50.7 Å². The molecule has 2 aromatic heterocycles. The maximum Gasteiger partial charge on any atom is 0.225 e. The third-order valence-electron chi connectivity index (χ3n) is 4.91. The summed E-state index contributed by atoms with van der Waals surface area (Å²) < 4.78 is 5.70. The molecule has 2 N–H and O–H groups in total. The first-order valence-electron chi connectivity index (χ1n) is 9.28. The summed E-state index contributed by atoms with van der Waals surface area (Å²) in [5.74, 6) is 1.54. The Hall–Kier alpha value is -2.21. The second-order valence-corrected chi connectivity index (χ2v) is 6.85. The first-order valence-corrected chi connectivity index (χ1v) is 9.28. The average molecular weight is 339 g/mol. The zero-order chi connectivity index (χ0) is 16.9. The fraction of sp³-hybridized carbons (Fsp3) is 0.526. The molecule has 3 heterocycles. The van der Waals surface area contributed by atoms with Crippen LogP contribution in [0.1, 0.15) is 38.5 Å². The highest BCUT2D eigenvalue weighted by atomic mass is 16.5. The second-order valence-electron chi connectivity index (χ2n) is 6.85. The molecule has 0 unspecified atom stereocenters. The number of nitrogens with one attached hydrogen (secondary N) is 2. The summed E-state index contributed by atoms with van der Waals surface area (Å²) in [5.41, 5.74) is 1.89. The average Bonchev–Trinajstić information content (AvgIpc) is 3.34. The molecule has 0 bridgehead atoms. The highest BCUT2D eigenvalue weighted by Gasteiger charge is 2.18. The maximum atomic E-state index is 5.70. The van der Waals surface area contributed by atoms with Crippen LogP contribution in [0.4, 0.5) is 11.8 Å². The highest BCUT2D eigenvalue weighted by Crippen LogP contribution is 2.25. The van der Waals surface area contributed by atoms with E-state index in [1.807, 2.05) is 24.4 Å². The predicted molar refractivity (Wildman–Crippen MR) is 98.6 cm³/mol. The molecule has 2 fully saturated rings. The van der Waals surface area contributed by atoms with Crippen LogP contribution in [-0.4, -0.2) is 40.2 Å². The van der Waals surface area contributed by atoms with Gasteiger partial charge in [-0.15, -0.1) is 0 Å². The minimum Gasteiger partial charge on any atom is -0.376 e. The first-order chi connectivity index (χ1) is 12.4. The standard InChI is InChI=1S/C19H25N5O/c1-2-7-15(6-1)22-19-23-17(14-5-3-9-20-12-14)11-18(24-19)21-13-16-8-4-10-25-16/h3,5,9,11-12,15-16H,1-2,4,6-8,10,13H2,(H2,21,22,23,24)/t16-/m1/s1. The Bertz CT molecular complexity index is 681. The van der Waals surface area contributed by atoms with Crippen molar-refractivity contribution in [3.05, 3.63) is 30.6 Å². The maximum absolute atomic E-state index is 5.70. The van der Waals surface area contributed by atoms with Gasteiger partial charge in [0, 0.05) is 43.2 Å². The van der Waals surface area contributed by atoms with Gasteiger partial charge >= 0.3 is 0 Å². The van der Waals surface area contributed by atoms with Crippen LogP contribution < -0.4 is 10.6 Å². The molecule has 1 aliphatic heterocycles. The van der Waals surface area contributed by atoms with Crippen molar-refractivity contribution < 1.29 is 4.74 Å². The van der Waals surface area contributed by atoms with E-state index in [0.29, 0.717) is 12.0 Å². The molecule has 4 rings (SSSR count). The van der Waals surface area contributed by atoms with Crippen molar-refractivity contribution in [3.63, 3.8) is 0 Å². The number of anilines is 2. The van der Waals surface area contributed by atoms with E-state index in [2.05, 4.69) is 20.6 Å². The first kappa shape index (κ1) is 16.3. The Labute approximate surface area is 148 Å². The van der Waals surface area contributed by atoms with Gasteiger partial charge in [0.1, 0.15) is 5.82 Å². The molecule has 1 saturated carbocycles. The van der Waals surface area contributed by atoms with Gasteiger partial charge in [-0.25, -0.2) is 4.98 Å². The summed E-state index contributed by atoms with van der Waals surface area (Å²) in [7, 11) is 0. The second kappa shape index (κ2) is 7.78. The molecular weight excluding hydrogens is 314 g/mol. The van der Waals surface area contributed by atoms with Gasteiger partial charge in [-0.05, 0) is 37.8 Å². The topological polar surface area (TPSA) is 72.0 Å². The van der Waals surface area contributed by atoms with E-state index >= 15 is 0 Å². The lowest BCUT2D eigenvalue weighted by molar-refractivity contribution is 0.120. The van der Waals surface area contributed by atoms with Crippen molar-refractivity contribution in [2.24, 2.45) is 0 Å². The molecule has 132 valence electrons. The normalized spacial score (nSPS) is 20.7. The lowest BCUT2D eigenvalue weighted by atomic mass is 10.2. The summed E-state index contributed by atoms with van der Waals surface area (Å²) in [6.45, 7) is 1.65. The van der Waals surface area contributed by atoms with Crippen LogP contribution in [-0.2, 0) is 4.74 Å². The SMILES string of the molecule is c1cncc(-c2cc(NC[C@H]3CCCO3)nc(NC3CCCC3)n2)c1. The van der Waals surface area contributed by atoms with Crippen molar-refractivity contribution in [1.82, 2.24) is 15.0 Å². The molecule has 0 amide bonds. The minimum absolute atomic E-state index is 0.281. The van der Waals surface area contributed by atoms with Gasteiger partial charge in [0.05, 0.1) is 11.8 Å². The van der Waals surface area contributed by atoms with Gasteiger partial charge in [0.15, 0.2) is 0 Å². The van der Waals surface area contributed by atoms with Crippen molar-refractivity contribution >= 4 is 11.8 Å². The van der Waals surface area contributed by atoms with Gasteiger partial charge in [0.25, 0.3) is 0 Å². The molecule has 2 aliphatic rings. The molecule has 0 spiro atoms. The van der Waals surface area contributed by atoms with E-state index in [9.17, 15) is 0 Å². The molecule has 2 aromatic rings. The predicted octanol–water partition coefficient (Wildman–Crippen LogP) is 3.48. The minimum atomic E-state index is 0.281. The molecule has 1 atom stereocenters. The number of aromatic nitrogens is 3. The Balaban J connectivity index is 1.55. The van der Waals surface area contributed by atoms with Crippen molar-refractivity contribution in [3.8, 4) is 11.3 Å². The van der Waals surface area contributed by atoms with E-state index in [1.54, 1.807) is 6.20 Å². The zero-order valence-electron chi connectivity index (χ0n) is 14.4. The van der Waals surface area contributed by atoms with Gasteiger partial charge < -0.3 is 15.4 Å². The fourth-order valence-electron chi connectivity index (χ4n) is 3.54. The molecule has 1 aliphatic carbocycles. The smallest absolute Gasteiger partial charge is 0.225 e. The van der Waals surface area contributed by atoms with Gasteiger partial charge in [-0.1, -0.05) is 12.8 Å². The van der Waals surface area contributed by atoms with Crippen LogP contribution in [0.25, 0.3) is 11.3 Å². The lowest BCUT2D eigenvalue weighted by Gasteiger charge is -2.16. The van der Waals surface area contributed by atoms with Gasteiger partial charge in [-0.3, -0.25) is 4.98 Å². The van der Waals surface area contributed by atoms with E-state index < -0.39 is 0 Å².